The molecule has 3 rings (SSSR count). The Morgan fingerprint density at radius 2 is 1.56 bits per heavy atom. The van der Waals surface area contributed by atoms with Gasteiger partial charge in [0.1, 0.15) is 4.90 Å². The van der Waals surface area contributed by atoms with E-state index in [0.717, 1.165) is 24.5 Å². The van der Waals surface area contributed by atoms with Gasteiger partial charge in [0.2, 0.25) is 27.9 Å². The van der Waals surface area contributed by atoms with E-state index in [1.54, 1.807) is 0 Å². The Morgan fingerprint density at radius 3 is 2.18 bits per heavy atom. The van der Waals surface area contributed by atoms with E-state index in [2.05, 4.69) is 30.3 Å². The Balaban J connectivity index is 1.95. The number of nitrogens with one attached hydrogen (secondary N) is 3. The SMILES string of the molecule is CS(=O)(=O)NCCNc1nc(N)nc(Nc2cc(S(=O)(=O)O)c3cc(S(=O)(=O)O)ccc3c2)n1. The van der Waals surface area contributed by atoms with E-state index in [1.807, 2.05) is 0 Å². The molecule has 0 amide bonds. The second kappa shape index (κ2) is 9.24. The fourth-order valence-corrected chi connectivity index (χ4v) is 4.53. The van der Waals surface area contributed by atoms with Crippen LogP contribution in [0, 0.1) is 0 Å². The lowest BCUT2D eigenvalue weighted by molar-refractivity contribution is 0.480. The average molecular weight is 534 g/mol. The summed E-state index contributed by atoms with van der Waals surface area (Å²) in [5, 5.41) is 5.51. The number of anilines is 4. The average Bonchev–Trinajstić information content (AvgIpc) is 2.68. The predicted molar refractivity (Wildman–Crippen MR) is 122 cm³/mol. The fraction of sp³-hybridized carbons (Fsp3) is 0.188. The molecule has 0 saturated heterocycles. The van der Waals surface area contributed by atoms with Gasteiger partial charge in [-0.25, -0.2) is 13.1 Å². The van der Waals surface area contributed by atoms with Crippen molar-refractivity contribution in [3.8, 4) is 0 Å². The van der Waals surface area contributed by atoms with Crippen LogP contribution < -0.4 is 21.1 Å². The van der Waals surface area contributed by atoms with Crippen LogP contribution in [0.1, 0.15) is 0 Å². The second-order valence-corrected chi connectivity index (χ2v) is 11.5. The monoisotopic (exact) mass is 533 g/mol. The first-order valence-electron chi connectivity index (χ1n) is 9.12. The molecule has 3 aromatic rings. The number of nitrogens with two attached hydrogens (primary N) is 1. The molecule has 7 N–H and O–H groups in total. The van der Waals surface area contributed by atoms with Crippen LogP contribution in [0.3, 0.4) is 0 Å². The van der Waals surface area contributed by atoms with Crippen molar-refractivity contribution in [1.82, 2.24) is 19.7 Å². The number of sulfonamides is 1. The molecule has 0 aliphatic rings. The minimum atomic E-state index is -4.81. The number of aromatic nitrogens is 3. The highest BCUT2D eigenvalue weighted by atomic mass is 32.2. The Morgan fingerprint density at radius 1 is 0.882 bits per heavy atom. The zero-order valence-electron chi connectivity index (χ0n) is 17.3. The predicted octanol–water partition coefficient (Wildman–Crippen LogP) is -0.195. The quantitative estimate of drug-likeness (QED) is 0.154. The normalized spacial score (nSPS) is 12.6. The molecular formula is C16H19N7O8S3. The van der Waals surface area contributed by atoms with Gasteiger partial charge in [0.05, 0.1) is 11.2 Å². The summed E-state index contributed by atoms with van der Waals surface area (Å²) < 4.78 is 90.0. The van der Waals surface area contributed by atoms with Crippen molar-refractivity contribution in [2.24, 2.45) is 0 Å². The fourth-order valence-electron chi connectivity index (χ4n) is 2.82. The third kappa shape index (κ3) is 6.68. The van der Waals surface area contributed by atoms with Gasteiger partial charge < -0.3 is 16.4 Å². The highest BCUT2D eigenvalue weighted by Gasteiger charge is 2.19. The molecule has 0 saturated carbocycles. The van der Waals surface area contributed by atoms with Gasteiger partial charge in [-0.3, -0.25) is 9.11 Å². The maximum Gasteiger partial charge on any atom is 0.295 e. The molecule has 0 bridgehead atoms. The van der Waals surface area contributed by atoms with E-state index in [4.69, 9.17) is 5.73 Å². The molecule has 0 fully saturated rings. The molecule has 0 aliphatic carbocycles. The molecule has 0 unspecified atom stereocenters. The summed E-state index contributed by atoms with van der Waals surface area (Å²) in [5.41, 5.74) is 5.76. The first kappa shape index (κ1) is 25.5. The summed E-state index contributed by atoms with van der Waals surface area (Å²) in [6.07, 6.45) is 1.00. The summed E-state index contributed by atoms with van der Waals surface area (Å²) in [6.45, 7) is 0.163. The minimum Gasteiger partial charge on any atom is -0.368 e. The van der Waals surface area contributed by atoms with E-state index in [1.165, 1.54) is 12.1 Å². The van der Waals surface area contributed by atoms with Crippen molar-refractivity contribution in [2.75, 3.05) is 35.7 Å². The molecule has 184 valence electrons. The number of nitrogens with zero attached hydrogens (tertiary/aromatic N) is 3. The van der Waals surface area contributed by atoms with Crippen LogP contribution in [-0.4, -0.2) is 68.7 Å². The second-order valence-electron chi connectivity index (χ2n) is 6.87. The van der Waals surface area contributed by atoms with Crippen LogP contribution >= 0.6 is 0 Å². The number of hydrogen-bond donors (Lipinski definition) is 6. The molecular weight excluding hydrogens is 514 g/mol. The van der Waals surface area contributed by atoms with Gasteiger partial charge in [0.15, 0.2) is 0 Å². The highest BCUT2D eigenvalue weighted by molar-refractivity contribution is 7.88. The lowest BCUT2D eigenvalue weighted by atomic mass is 10.1. The van der Waals surface area contributed by atoms with Crippen molar-refractivity contribution < 1.29 is 34.4 Å². The largest absolute Gasteiger partial charge is 0.368 e. The van der Waals surface area contributed by atoms with Crippen molar-refractivity contribution in [3.05, 3.63) is 30.3 Å². The standard InChI is InChI=1S/C16H19N7O8S3/c1-32(24,25)19-5-4-18-15-21-14(17)22-16(23-15)20-10-6-9-2-3-11(33(26,27)28)8-12(9)13(7-10)34(29,30)31/h2-3,6-8,19H,4-5H2,1H3,(H,26,27,28)(H,29,30,31)(H4,17,18,20,21,22,23). The summed E-state index contributed by atoms with van der Waals surface area (Å²) in [4.78, 5) is 10.6. The van der Waals surface area contributed by atoms with E-state index in [9.17, 15) is 34.4 Å². The van der Waals surface area contributed by atoms with E-state index < -0.39 is 40.1 Å². The maximum atomic E-state index is 11.9. The molecule has 0 spiro atoms. The van der Waals surface area contributed by atoms with Crippen LogP contribution in [0.15, 0.2) is 40.1 Å². The van der Waals surface area contributed by atoms with Gasteiger partial charge in [0, 0.05) is 24.2 Å². The molecule has 18 heteroatoms. The van der Waals surface area contributed by atoms with E-state index in [0.29, 0.717) is 0 Å². The Kier molecular flexibility index (Phi) is 6.92. The zero-order chi connectivity index (χ0) is 25.3. The smallest absolute Gasteiger partial charge is 0.295 e. The Labute approximate surface area is 194 Å². The van der Waals surface area contributed by atoms with Crippen molar-refractivity contribution >= 4 is 64.6 Å². The maximum absolute atomic E-state index is 11.9. The van der Waals surface area contributed by atoms with Crippen molar-refractivity contribution in [2.45, 2.75) is 9.79 Å². The lowest BCUT2D eigenvalue weighted by Crippen LogP contribution is -2.28. The van der Waals surface area contributed by atoms with Gasteiger partial charge in [-0.1, -0.05) is 6.07 Å². The van der Waals surface area contributed by atoms with Crippen LogP contribution in [0.4, 0.5) is 23.5 Å². The van der Waals surface area contributed by atoms with Gasteiger partial charge in [-0.05, 0) is 29.7 Å². The molecule has 1 heterocycles. The minimum absolute atomic E-state index is 0.00103. The number of rotatable bonds is 9. The van der Waals surface area contributed by atoms with Crippen molar-refractivity contribution in [3.63, 3.8) is 0 Å². The molecule has 15 nitrogen and oxygen atoms in total. The van der Waals surface area contributed by atoms with Crippen LogP contribution in [0.25, 0.3) is 10.8 Å². The summed E-state index contributed by atoms with van der Waals surface area (Å²) >= 11 is 0. The number of nitrogen functional groups attached to an aromatic ring is 1. The summed E-state index contributed by atoms with van der Waals surface area (Å²) in [5.74, 6) is -0.315. The topological polar surface area (TPSA) is 244 Å². The van der Waals surface area contributed by atoms with Gasteiger partial charge in [-0.2, -0.15) is 31.8 Å². The molecule has 0 aliphatic heterocycles. The zero-order valence-corrected chi connectivity index (χ0v) is 19.7. The van der Waals surface area contributed by atoms with Gasteiger partial charge in [-0.15, -0.1) is 0 Å². The Hall–Kier alpha value is -3.16. The number of fused-ring (bicyclic) bond motifs is 1. The number of benzene rings is 2. The van der Waals surface area contributed by atoms with Crippen LogP contribution in [-0.2, 0) is 30.3 Å². The Bertz CT molecular complexity index is 1580. The molecule has 34 heavy (non-hydrogen) atoms. The molecule has 2 aromatic carbocycles. The summed E-state index contributed by atoms with van der Waals surface area (Å²) in [6, 6.07) is 5.63. The lowest BCUT2D eigenvalue weighted by Gasteiger charge is -2.12. The van der Waals surface area contributed by atoms with Gasteiger partial charge >= 0.3 is 0 Å². The molecule has 0 radical (unpaired) electrons. The molecule has 0 atom stereocenters. The highest BCUT2D eigenvalue weighted by Crippen LogP contribution is 2.30. The first-order valence-corrected chi connectivity index (χ1v) is 13.9. The third-order valence-electron chi connectivity index (χ3n) is 4.14. The van der Waals surface area contributed by atoms with Crippen LogP contribution in [0.5, 0.6) is 0 Å². The van der Waals surface area contributed by atoms with Crippen molar-refractivity contribution in [1.29, 1.82) is 0 Å². The van der Waals surface area contributed by atoms with Gasteiger partial charge in [0.25, 0.3) is 20.2 Å². The summed E-state index contributed by atoms with van der Waals surface area (Å²) in [7, 11) is -12.8. The molecule has 1 aromatic heterocycles. The van der Waals surface area contributed by atoms with E-state index in [-0.39, 0.29) is 47.4 Å². The van der Waals surface area contributed by atoms with E-state index >= 15 is 0 Å². The number of hydrogen-bond acceptors (Lipinski definition) is 12. The first-order chi connectivity index (χ1) is 15.6. The van der Waals surface area contributed by atoms with Crippen LogP contribution in [0.2, 0.25) is 0 Å². The third-order valence-corrected chi connectivity index (χ3v) is 6.62.